The minimum atomic E-state index is -0.788. The summed E-state index contributed by atoms with van der Waals surface area (Å²) in [5.41, 5.74) is -0.287. The normalized spacial score (nSPS) is 9.30. The van der Waals surface area contributed by atoms with E-state index in [1.54, 1.807) is 6.07 Å². The number of carbonyl (C=O) groups excluding carboxylic acids is 1. The largest absolute Gasteiger partial charge is 0.465 e. The Bertz CT molecular complexity index is 241. The van der Waals surface area contributed by atoms with Crippen molar-refractivity contribution in [3.8, 4) is 12.1 Å². The molecule has 0 bridgehead atoms. The first-order chi connectivity index (χ1) is 4.76. The molecule has 0 aliphatic heterocycles. The van der Waals surface area contributed by atoms with Crippen molar-refractivity contribution < 1.29 is 9.53 Å². The molecule has 0 aromatic rings. The fraction of sp³-hybridized carbons (Fsp3) is 0.167. The van der Waals surface area contributed by atoms with E-state index in [-0.39, 0.29) is 5.57 Å². The summed E-state index contributed by atoms with van der Waals surface area (Å²) in [5.74, 6) is -0.788. The van der Waals surface area contributed by atoms with Gasteiger partial charge in [-0.25, -0.2) is 4.79 Å². The second kappa shape index (κ2) is 4.11. The Morgan fingerprint density at radius 2 is 2.20 bits per heavy atom. The number of allylic oxidation sites excluding steroid dienone is 1. The van der Waals surface area contributed by atoms with Crippen LogP contribution in [-0.4, -0.2) is 13.1 Å². The molecule has 10 heavy (non-hydrogen) atoms. The number of nitriles is 2. The smallest absolute Gasteiger partial charge is 0.349 e. The van der Waals surface area contributed by atoms with Crippen LogP contribution in [-0.2, 0) is 9.53 Å². The molecule has 0 aromatic carbocycles. The molecule has 0 aliphatic carbocycles. The van der Waals surface area contributed by atoms with Gasteiger partial charge in [-0.05, 0) is 0 Å². The number of methoxy groups -OCH3 is 1. The quantitative estimate of drug-likeness (QED) is 0.292. The maximum absolute atomic E-state index is 10.5. The number of nitrogens with zero attached hydrogens (tertiary/aromatic N) is 2. The van der Waals surface area contributed by atoms with E-state index < -0.39 is 5.97 Å². The number of carbonyl (C=O) groups is 1. The van der Waals surface area contributed by atoms with Gasteiger partial charge >= 0.3 is 5.97 Å². The van der Waals surface area contributed by atoms with Gasteiger partial charge in [0.25, 0.3) is 0 Å². The van der Waals surface area contributed by atoms with Crippen molar-refractivity contribution in [2.45, 2.75) is 0 Å². The van der Waals surface area contributed by atoms with Crippen LogP contribution >= 0.6 is 0 Å². The molecule has 0 radical (unpaired) electrons. The summed E-state index contributed by atoms with van der Waals surface area (Å²) in [7, 11) is 1.14. The van der Waals surface area contributed by atoms with Crippen molar-refractivity contribution in [3.05, 3.63) is 11.6 Å². The molecule has 0 aromatic heterocycles. The van der Waals surface area contributed by atoms with E-state index in [4.69, 9.17) is 10.5 Å². The number of ether oxygens (including phenoxy) is 1. The van der Waals surface area contributed by atoms with Crippen molar-refractivity contribution in [3.63, 3.8) is 0 Å². The van der Waals surface area contributed by atoms with Crippen LogP contribution in [0.15, 0.2) is 11.6 Å². The van der Waals surface area contributed by atoms with E-state index in [0.29, 0.717) is 0 Å². The third-order valence-electron chi connectivity index (χ3n) is 0.735. The van der Waals surface area contributed by atoms with Crippen molar-refractivity contribution in [2.24, 2.45) is 0 Å². The van der Waals surface area contributed by atoms with Gasteiger partial charge in [0.15, 0.2) is 0 Å². The van der Waals surface area contributed by atoms with Crippen LogP contribution in [0.1, 0.15) is 0 Å². The summed E-state index contributed by atoms with van der Waals surface area (Å²) in [6.07, 6.45) is 0.839. The standard InChI is InChI=1S/C6H4N2O2/c1-10-6(9)5(4-8)2-3-7/h2H,1H3/b5-2-. The molecule has 0 N–H and O–H groups in total. The maximum atomic E-state index is 10.5. The summed E-state index contributed by atoms with van der Waals surface area (Å²) in [6.45, 7) is 0. The average Bonchev–Trinajstić information content (AvgIpc) is 1.99. The van der Waals surface area contributed by atoms with Gasteiger partial charge in [0.05, 0.1) is 13.2 Å². The molecule has 0 saturated heterocycles. The predicted octanol–water partition coefficient (Wildman–Crippen LogP) is 0.133. The highest BCUT2D eigenvalue weighted by atomic mass is 16.5. The lowest BCUT2D eigenvalue weighted by atomic mass is 10.3. The van der Waals surface area contributed by atoms with Crippen molar-refractivity contribution >= 4 is 5.97 Å². The molecule has 0 unspecified atom stereocenters. The molecular formula is C6H4N2O2. The van der Waals surface area contributed by atoms with Gasteiger partial charge in [-0.3, -0.25) is 0 Å². The lowest BCUT2D eigenvalue weighted by Gasteiger charge is -1.90. The molecule has 0 spiro atoms. The van der Waals surface area contributed by atoms with Crippen LogP contribution in [0.2, 0.25) is 0 Å². The average molecular weight is 136 g/mol. The predicted molar refractivity (Wildman–Crippen MR) is 31.3 cm³/mol. The number of hydrogen-bond donors (Lipinski definition) is 0. The van der Waals surface area contributed by atoms with Crippen LogP contribution in [0, 0.1) is 22.7 Å². The van der Waals surface area contributed by atoms with Crippen molar-refractivity contribution in [1.29, 1.82) is 10.5 Å². The molecule has 0 rings (SSSR count). The van der Waals surface area contributed by atoms with E-state index in [9.17, 15) is 4.79 Å². The Kier molecular flexibility index (Phi) is 3.36. The van der Waals surface area contributed by atoms with E-state index in [0.717, 1.165) is 13.2 Å². The number of rotatable bonds is 1. The zero-order chi connectivity index (χ0) is 7.98. The summed E-state index contributed by atoms with van der Waals surface area (Å²) in [6, 6.07) is 3.07. The first-order valence-electron chi connectivity index (χ1n) is 2.34. The van der Waals surface area contributed by atoms with Gasteiger partial charge < -0.3 is 4.74 Å². The van der Waals surface area contributed by atoms with Crippen LogP contribution in [0.3, 0.4) is 0 Å². The maximum Gasteiger partial charge on any atom is 0.349 e. The molecular weight excluding hydrogens is 132 g/mol. The Labute approximate surface area is 57.9 Å². The SMILES string of the molecule is COC(=O)/C(C#N)=C\C#N. The Morgan fingerprint density at radius 3 is 2.50 bits per heavy atom. The summed E-state index contributed by atoms with van der Waals surface area (Å²) in [5, 5.41) is 16.2. The Balaban J connectivity index is 4.45. The molecule has 4 nitrogen and oxygen atoms in total. The van der Waals surface area contributed by atoms with Crippen molar-refractivity contribution in [1.82, 2.24) is 0 Å². The molecule has 0 atom stereocenters. The molecule has 0 amide bonds. The summed E-state index contributed by atoms with van der Waals surface area (Å²) in [4.78, 5) is 10.5. The second-order valence-corrected chi connectivity index (χ2v) is 1.29. The lowest BCUT2D eigenvalue weighted by Crippen LogP contribution is -2.02. The number of hydrogen-bond acceptors (Lipinski definition) is 4. The Morgan fingerprint density at radius 1 is 1.60 bits per heavy atom. The van der Waals surface area contributed by atoms with E-state index in [2.05, 4.69) is 4.74 Å². The van der Waals surface area contributed by atoms with Crippen LogP contribution < -0.4 is 0 Å². The van der Waals surface area contributed by atoms with Crippen LogP contribution in [0.4, 0.5) is 0 Å². The van der Waals surface area contributed by atoms with E-state index in [1.165, 1.54) is 6.07 Å². The summed E-state index contributed by atoms with van der Waals surface area (Å²) >= 11 is 0. The first kappa shape index (κ1) is 8.19. The lowest BCUT2D eigenvalue weighted by molar-refractivity contribution is -0.135. The second-order valence-electron chi connectivity index (χ2n) is 1.29. The van der Waals surface area contributed by atoms with Crippen LogP contribution in [0.5, 0.6) is 0 Å². The fourth-order valence-electron chi connectivity index (χ4n) is 0.311. The van der Waals surface area contributed by atoms with Crippen molar-refractivity contribution in [2.75, 3.05) is 7.11 Å². The van der Waals surface area contributed by atoms with E-state index >= 15 is 0 Å². The molecule has 0 fully saturated rings. The molecule has 50 valence electrons. The monoisotopic (exact) mass is 136 g/mol. The molecule has 0 heterocycles. The zero-order valence-corrected chi connectivity index (χ0v) is 5.29. The molecule has 0 aliphatic rings. The van der Waals surface area contributed by atoms with Crippen LogP contribution in [0.25, 0.3) is 0 Å². The third kappa shape index (κ3) is 1.97. The highest BCUT2D eigenvalue weighted by molar-refractivity contribution is 5.93. The molecule has 0 saturated carbocycles. The Hall–Kier alpha value is -1.81. The minimum absolute atomic E-state index is 0.287. The van der Waals surface area contributed by atoms with Gasteiger partial charge in [-0.15, -0.1) is 0 Å². The van der Waals surface area contributed by atoms with Gasteiger partial charge in [0, 0.05) is 6.08 Å². The first-order valence-corrected chi connectivity index (χ1v) is 2.34. The fourth-order valence-corrected chi connectivity index (χ4v) is 0.311. The molecule has 4 heteroatoms. The third-order valence-corrected chi connectivity index (χ3v) is 0.735. The minimum Gasteiger partial charge on any atom is -0.465 e. The van der Waals surface area contributed by atoms with Gasteiger partial charge in [0.2, 0.25) is 0 Å². The highest BCUT2D eigenvalue weighted by Gasteiger charge is 2.06. The highest BCUT2D eigenvalue weighted by Crippen LogP contribution is 1.92. The zero-order valence-electron chi connectivity index (χ0n) is 5.29. The van der Waals surface area contributed by atoms with Gasteiger partial charge in [-0.2, -0.15) is 10.5 Å². The van der Waals surface area contributed by atoms with E-state index in [1.807, 2.05) is 0 Å². The topological polar surface area (TPSA) is 73.9 Å². The number of esters is 1. The van der Waals surface area contributed by atoms with Gasteiger partial charge in [0.1, 0.15) is 11.6 Å². The van der Waals surface area contributed by atoms with Gasteiger partial charge in [-0.1, -0.05) is 0 Å². The summed E-state index contributed by atoms with van der Waals surface area (Å²) < 4.78 is 4.17.